The summed E-state index contributed by atoms with van der Waals surface area (Å²) in [7, 11) is 3.93. The number of rotatable bonds is 5. The van der Waals surface area contributed by atoms with Crippen molar-refractivity contribution in [2.24, 2.45) is 0 Å². The highest BCUT2D eigenvalue weighted by molar-refractivity contribution is 6.64. The Labute approximate surface area is 129 Å². The summed E-state index contributed by atoms with van der Waals surface area (Å²) in [6, 6.07) is 13.9. The van der Waals surface area contributed by atoms with E-state index in [1.807, 2.05) is 43.3 Å². The summed E-state index contributed by atoms with van der Waals surface area (Å²) in [6.45, 7) is 0. The molecule has 2 rings (SSSR count). The first kappa shape index (κ1) is 15.5. The van der Waals surface area contributed by atoms with Crippen molar-refractivity contribution in [3.05, 3.63) is 65.5 Å². The number of hydrogen-bond donors (Lipinski definition) is 0. The number of nitrogens with zero attached hydrogens (tertiary/aromatic N) is 1. The van der Waals surface area contributed by atoms with Gasteiger partial charge in [0.2, 0.25) is 5.24 Å². The van der Waals surface area contributed by atoms with Crippen LogP contribution < -0.4 is 4.90 Å². The zero-order valence-electron chi connectivity index (χ0n) is 12.0. The summed E-state index contributed by atoms with van der Waals surface area (Å²) >= 11 is 5.69. The van der Waals surface area contributed by atoms with E-state index in [2.05, 4.69) is 0 Å². The third kappa shape index (κ3) is 4.05. The number of anilines is 1. The quantitative estimate of drug-likeness (QED) is 0.779. The SMILES string of the molecule is CN(C)c1ccc(CC(C(=O)Cl)c2cccc(F)c2)cc1. The maximum Gasteiger partial charge on any atom is 0.229 e. The van der Waals surface area contributed by atoms with Crippen molar-refractivity contribution in [2.75, 3.05) is 19.0 Å². The largest absolute Gasteiger partial charge is 0.378 e. The topological polar surface area (TPSA) is 20.3 Å². The van der Waals surface area contributed by atoms with E-state index in [4.69, 9.17) is 11.6 Å². The van der Waals surface area contributed by atoms with Gasteiger partial charge in [0.05, 0.1) is 5.92 Å². The number of carbonyl (C=O) groups is 1. The van der Waals surface area contributed by atoms with Crippen LogP contribution in [0.3, 0.4) is 0 Å². The highest BCUT2D eigenvalue weighted by Crippen LogP contribution is 2.25. The second-order valence-corrected chi connectivity index (χ2v) is 5.55. The molecular formula is C17H17ClFNO. The second kappa shape index (κ2) is 6.72. The lowest BCUT2D eigenvalue weighted by atomic mass is 9.93. The van der Waals surface area contributed by atoms with Crippen molar-refractivity contribution in [1.29, 1.82) is 0 Å². The highest BCUT2D eigenvalue weighted by Gasteiger charge is 2.19. The average molecular weight is 306 g/mol. The Hall–Kier alpha value is -1.87. The van der Waals surface area contributed by atoms with Gasteiger partial charge in [-0.3, -0.25) is 4.79 Å². The molecule has 0 saturated carbocycles. The molecule has 0 aliphatic rings. The summed E-state index contributed by atoms with van der Waals surface area (Å²) in [5.74, 6) is -0.897. The van der Waals surface area contributed by atoms with Crippen molar-refractivity contribution in [3.8, 4) is 0 Å². The summed E-state index contributed by atoms with van der Waals surface area (Å²) in [6.07, 6.45) is 0.458. The molecule has 1 unspecified atom stereocenters. The van der Waals surface area contributed by atoms with Crippen LogP contribution in [0.2, 0.25) is 0 Å². The van der Waals surface area contributed by atoms with Gasteiger partial charge in [-0.1, -0.05) is 24.3 Å². The van der Waals surface area contributed by atoms with Crippen LogP contribution in [-0.4, -0.2) is 19.3 Å². The van der Waals surface area contributed by atoms with E-state index < -0.39 is 11.2 Å². The molecule has 0 fully saturated rings. The summed E-state index contributed by atoms with van der Waals surface area (Å²) < 4.78 is 13.3. The Bertz CT molecular complexity index is 625. The number of carbonyl (C=O) groups excluding carboxylic acids is 1. The molecule has 0 heterocycles. The third-order valence-electron chi connectivity index (χ3n) is 3.42. The van der Waals surface area contributed by atoms with Crippen molar-refractivity contribution in [1.82, 2.24) is 0 Å². The molecular weight excluding hydrogens is 289 g/mol. The molecule has 0 saturated heterocycles. The molecule has 0 spiro atoms. The maximum atomic E-state index is 13.3. The van der Waals surface area contributed by atoms with E-state index in [1.54, 1.807) is 12.1 Å². The van der Waals surface area contributed by atoms with Gasteiger partial charge in [-0.25, -0.2) is 4.39 Å². The molecule has 4 heteroatoms. The molecule has 2 aromatic carbocycles. The van der Waals surface area contributed by atoms with Crippen molar-refractivity contribution in [3.63, 3.8) is 0 Å². The Balaban J connectivity index is 2.22. The molecule has 0 aromatic heterocycles. The predicted octanol–water partition coefficient (Wildman–Crippen LogP) is 3.98. The summed E-state index contributed by atoms with van der Waals surface area (Å²) in [4.78, 5) is 13.7. The lowest BCUT2D eigenvalue weighted by Crippen LogP contribution is -2.11. The van der Waals surface area contributed by atoms with E-state index >= 15 is 0 Å². The standard InChI is InChI=1S/C17H17ClFNO/c1-20(2)15-8-6-12(7-9-15)10-16(17(18)21)13-4-3-5-14(19)11-13/h3-9,11,16H,10H2,1-2H3. The summed E-state index contributed by atoms with van der Waals surface area (Å²) in [5, 5.41) is -0.475. The van der Waals surface area contributed by atoms with Crippen LogP contribution in [-0.2, 0) is 11.2 Å². The van der Waals surface area contributed by atoms with Gasteiger partial charge < -0.3 is 4.90 Å². The van der Waals surface area contributed by atoms with E-state index in [0.29, 0.717) is 12.0 Å². The van der Waals surface area contributed by atoms with Crippen molar-refractivity contribution in [2.45, 2.75) is 12.3 Å². The molecule has 0 aliphatic heterocycles. The monoisotopic (exact) mass is 305 g/mol. The molecule has 110 valence electrons. The van der Waals surface area contributed by atoms with Gasteiger partial charge in [0.1, 0.15) is 5.82 Å². The molecule has 0 amide bonds. The van der Waals surface area contributed by atoms with Crippen LogP contribution in [0.5, 0.6) is 0 Å². The fourth-order valence-corrected chi connectivity index (χ4v) is 2.42. The normalized spacial score (nSPS) is 12.0. The van der Waals surface area contributed by atoms with E-state index in [1.165, 1.54) is 12.1 Å². The molecule has 0 bridgehead atoms. The third-order valence-corrected chi connectivity index (χ3v) is 3.68. The average Bonchev–Trinajstić information content (AvgIpc) is 2.45. The second-order valence-electron chi connectivity index (χ2n) is 5.18. The fraction of sp³-hybridized carbons (Fsp3) is 0.235. The van der Waals surface area contributed by atoms with Gasteiger partial charge >= 0.3 is 0 Å². The Kier molecular flexibility index (Phi) is 4.97. The van der Waals surface area contributed by atoms with Gasteiger partial charge in [-0.2, -0.15) is 0 Å². The maximum absolute atomic E-state index is 13.3. The Morgan fingerprint density at radius 1 is 1.19 bits per heavy atom. The molecule has 0 radical (unpaired) electrons. The molecule has 2 nitrogen and oxygen atoms in total. The summed E-state index contributed by atoms with van der Waals surface area (Å²) in [5.41, 5.74) is 2.67. The van der Waals surface area contributed by atoms with Crippen LogP contribution in [0.15, 0.2) is 48.5 Å². The minimum atomic E-state index is -0.535. The van der Waals surface area contributed by atoms with Crippen LogP contribution in [0.25, 0.3) is 0 Å². The van der Waals surface area contributed by atoms with Gasteiger partial charge in [0, 0.05) is 19.8 Å². The van der Waals surface area contributed by atoms with Crippen LogP contribution >= 0.6 is 11.6 Å². The highest BCUT2D eigenvalue weighted by atomic mass is 35.5. The zero-order valence-corrected chi connectivity index (χ0v) is 12.8. The van der Waals surface area contributed by atoms with Gasteiger partial charge in [0.15, 0.2) is 0 Å². The van der Waals surface area contributed by atoms with Crippen molar-refractivity contribution >= 4 is 22.5 Å². The number of hydrogen-bond acceptors (Lipinski definition) is 2. The smallest absolute Gasteiger partial charge is 0.229 e. The van der Waals surface area contributed by atoms with Crippen LogP contribution in [0.1, 0.15) is 17.0 Å². The first-order chi connectivity index (χ1) is 9.97. The zero-order chi connectivity index (χ0) is 15.4. The molecule has 21 heavy (non-hydrogen) atoms. The van der Waals surface area contributed by atoms with Gasteiger partial charge in [-0.15, -0.1) is 0 Å². The first-order valence-corrected chi connectivity index (χ1v) is 7.06. The predicted molar refractivity (Wildman–Crippen MR) is 84.5 cm³/mol. The molecule has 2 aromatic rings. The lowest BCUT2D eigenvalue weighted by molar-refractivity contribution is -0.113. The number of halogens is 2. The van der Waals surface area contributed by atoms with E-state index in [0.717, 1.165) is 11.3 Å². The van der Waals surface area contributed by atoms with Crippen LogP contribution in [0.4, 0.5) is 10.1 Å². The molecule has 0 N–H and O–H groups in total. The number of benzene rings is 2. The lowest BCUT2D eigenvalue weighted by Gasteiger charge is -2.15. The Morgan fingerprint density at radius 2 is 1.86 bits per heavy atom. The minimum Gasteiger partial charge on any atom is -0.378 e. The molecule has 1 atom stereocenters. The van der Waals surface area contributed by atoms with Crippen LogP contribution in [0, 0.1) is 5.82 Å². The van der Waals surface area contributed by atoms with E-state index in [9.17, 15) is 9.18 Å². The Morgan fingerprint density at radius 3 is 2.38 bits per heavy atom. The minimum absolute atomic E-state index is 0.363. The van der Waals surface area contributed by atoms with Gasteiger partial charge in [0.25, 0.3) is 0 Å². The molecule has 0 aliphatic carbocycles. The van der Waals surface area contributed by atoms with E-state index in [-0.39, 0.29) is 5.82 Å². The van der Waals surface area contributed by atoms with Crippen molar-refractivity contribution < 1.29 is 9.18 Å². The van der Waals surface area contributed by atoms with Gasteiger partial charge in [-0.05, 0) is 53.4 Å². The first-order valence-electron chi connectivity index (χ1n) is 6.68. The fourth-order valence-electron chi connectivity index (χ4n) is 2.22.